The van der Waals surface area contributed by atoms with E-state index in [2.05, 4.69) is 20.6 Å². The molecule has 0 aliphatic carbocycles. The molecule has 1 atom stereocenters. The minimum atomic E-state index is -2.89. The van der Waals surface area contributed by atoms with Crippen LogP contribution in [0.25, 0.3) is 0 Å². The predicted molar refractivity (Wildman–Crippen MR) is 81.1 cm³/mol. The van der Waals surface area contributed by atoms with Crippen molar-refractivity contribution >= 4 is 21.5 Å². The van der Waals surface area contributed by atoms with Crippen molar-refractivity contribution in [2.45, 2.75) is 39.2 Å². The smallest absolute Gasteiger partial charge is 0.152 e. The maximum atomic E-state index is 11.5. The average Bonchev–Trinajstić information content (AvgIpc) is 2.71. The molecule has 20 heavy (non-hydrogen) atoms. The zero-order valence-electron chi connectivity index (χ0n) is 12.4. The first kappa shape index (κ1) is 15.0. The molecule has 0 aromatic carbocycles. The van der Waals surface area contributed by atoms with Gasteiger partial charge in [0.15, 0.2) is 9.84 Å². The van der Waals surface area contributed by atoms with E-state index < -0.39 is 9.84 Å². The van der Waals surface area contributed by atoms with Gasteiger partial charge in [-0.05, 0) is 13.3 Å². The second kappa shape index (κ2) is 5.55. The highest BCUT2D eigenvalue weighted by Crippen LogP contribution is 2.25. The van der Waals surface area contributed by atoms with Gasteiger partial charge in [-0.2, -0.15) is 0 Å². The first-order valence-corrected chi connectivity index (χ1v) is 8.68. The van der Waals surface area contributed by atoms with Gasteiger partial charge in [0, 0.05) is 24.6 Å². The number of hydrogen-bond donors (Lipinski definition) is 2. The highest BCUT2D eigenvalue weighted by atomic mass is 32.2. The van der Waals surface area contributed by atoms with Crippen molar-refractivity contribution in [3.63, 3.8) is 0 Å². The summed E-state index contributed by atoms with van der Waals surface area (Å²) < 4.78 is 23.1. The summed E-state index contributed by atoms with van der Waals surface area (Å²) in [4.78, 5) is 9.01. The third kappa shape index (κ3) is 3.20. The van der Waals surface area contributed by atoms with E-state index in [-0.39, 0.29) is 23.5 Å². The van der Waals surface area contributed by atoms with Crippen LogP contribution in [0.15, 0.2) is 0 Å². The van der Waals surface area contributed by atoms with E-state index >= 15 is 0 Å². The molecule has 1 aliphatic heterocycles. The van der Waals surface area contributed by atoms with E-state index in [0.717, 1.165) is 23.0 Å². The zero-order chi connectivity index (χ0) is 14.9. The maximum absolute atomic E-state index is 11.5. The minimum Gasteiger partial charge on any atom is -0.373 e. The molecule has 1 fully saturated rings. The van der Waals surface area contributed by atoms with Crippen LogP contribution in [-0.2, 0) is 9.84 Å². The van der Waals surface area contributed by atoms with Crippen LogP contribution in [-0.4, -0.2) is 43.0 Å². The monoisotopic (exact) mass is 298 g/mol. The third-order valence-corrected chi connectivity index (χ3v) is 5.26. The molecule has 2 heterocycles. The van der Waals surface area contributed by atoms with Crippen molar-refractivity contribution in [1.29, 1.82) is 0 Å². The van der Waals surface area contributed by atoms with Gasteiger partial charge >= 0.3 is 0 Å². The van der Waals surface area contributed by atoms with Gasteiger partial charge in [0.1, 0.15) is 17.5 Å². The Labute approximate surface area is 120 Å². The summed E-state index contributed by atoms with van der Waals surface area (Å²) in [7, 11) is -1.07. The lowest BCUT2D eigenvalue weighted by Gasteiger charge is -2.18. The molecule has 1 aromatic heterocycles. The van der Waals surface area contributed by atoms with Crippen molar-refractivity contribution in [1.82, 2.24) is 9.97 Å². The Morgan fingerprint density at radius 2 is 1.90 bits per heavy atom. The van der Waals surface area contributed by atoms with E-state index in [1.165, 1.54) is 0 Å². The minimum absolute atomic E-state index is 0.0571. The average molecular weight is 298 g/mol. The first-order valence-electron chi connectivity index (χ1n) is 6.85. The summed E-state index contributed by atoms with van der Waals surface area (Å²) >= 11 is 0. The van der Waals surface area contributed by atoms with Crippen LogP contribution < -0.4 is 10.6 Å². The Morgan fingerprint density at radius 3 is 2.40 bits per heavy atom. The van der Waals surface area contributed by atoms with Crippen LogP contribution in [0.3, 0.4) is 0 Å². The largest absolute Gasteiger partial charge is 0.373 e. The number of nitrogens with zero attached hydrogens (tertiary/aromatic N) is 2. The van der Waals surface area contributed by atoms with Crippen molar-refractivity contribution in [2.75, 3.05) is 29.2 Å². The van der Waals surface area contributed by atoms with Gasteiger partial charge in [-0.25, -0.2) is 18.4 Å². The SMILES string of the molecule is CNc1nc(C(C)C)nc(NC2CCS(=O)(=O)C2)c1C. The fourth-order valence-electron chi connectivity index (χ4n) is 2.28. The van der Waals surface area contributed by atoms with Crippen LogP contribution >= 0.6 is 0 Å². The second-order valence-electron chi connectivity index (χ2n) is 5.55. The molecule has 2 N–H and O–H groups in total. The quantitative estimate of drug-likeness (QED) is 0.877. The lowest BCUT2D eigenvalue weighted by atomic mass is 10.2. The summed E-state index contributed by atoms with van der Waals surface area (Å²) in [6.45, 7) is 6.00. The van der Waals surface area contributed by atoms with Crippen molar-refractivity contribution in [2.24, 2.45) is 0 Å². The van der Waals surface area contributed by atoms with Gasteiger partial charge in [-0.1, -0.05) is 13.8 Å². The Kier molecular flexibility index (Phi) is 4.17. The molecule has 6 nitrogen and oxygen atoms in total. The molecule has 0 saturated carbocycles. The Balaban J connectivity index is 2.29. The van der Waals surface area contributed by atoms with Gasteiger partial charge in [-0.15, -0.1) is 0 Å². The van der Waals surface area contributed by atoms with E-state index in [1.807, 2.05) is 27.8 Å². The number of sulfone groups is 1. The van der Waals surface area contributed by atoms with Gasteiger partial charge < -0.3 is 10.6 Å². The van der Waals surface area contributed by atoms with E-state index in [1.54, 1.807) is 0 Å². The molecule has 1 aliphatic rings. The molecule has 1 aromatic rings. The molecule has 112 valence electrons. The van der Waals surface area contributed by atoms with Crippen LogP contribution in [0.5, 0.6) is 0 Å². The number of aromatic nitrogens is 2. The van der Waals surface area contributed by atoms with Crippen LogP contribution in [0, 0.1) is 6.92 Å². The van der Waals surface area contributed by atoms with Crippen LogP contribution in [0.2, 0.25) is 0 Å². The molecular weight excluding hydrogens is 276 g/mol. The van der Waals surface area contributed by atoms with E-state index in [4.69, 9.17) is 0 Å². The van der Waals surface area contributed by atoms with Crippen molar-refractivity contribution in [3.05, 3.63) is 11.4 Å². The second-order valence-corrected chi connectivity index (χ2v) is 7.78. The Morgan fingerprint density at radius 1 is 1.25 bits per heavy atom. The molecule has 0 bridgehead atoms. The number of anilines is 2. The molecular formula is C13H22N4O2S. The summed E-state index contributed by atoms with van der Waals surface area (Å²) in [5.41, 5.74) is 0.918. The standard InChI is InChI=1S/C13H22N4O2S/c1-8(2)11-16-12(14-4)9(3)13(17-11)15-10-5-6-20(18,19)7-10/h8,10H,5-7H2,1-4H3,(H2,14,15,16,17). The number of nitrogens with one attached hydrogen (secondary N) is 2. The predicted octanol–water partition coefficient (Wildman–Crippen LogP) is 1.55. The van der Waals surface area contributed by atoms with Crippen LogP contribution in [0.4, 0.5) is 11.6 Å². The lowest BCUT2D eigenvalue weighted by molar-refractivity contribution is 0.602. The highest BCUT2D eigenvalue weighted by Gasteiger charge is 2.28. The van der Waals surface area contributed by atoms with Gasteiger partial charge in [0.05, 0.1) is 11.5 Å². The summed E-state index contributed by atoms with van der Waals surface area (Å²) in [5.74, 6) is 2.92. The fourth-order valence-corrected chi connectivity index (χ4v) is 3.95. The number of rotatable bonds is 4. The molecule has 1 unspecified atom stereocenters. The zero-order valence-corrected chi connectivity index (χ0v) is 13.2. The van der Waals surface area contributed by atoms with E-state index in [0.29, 0.717) is 6.42 Å². The summed E-state index contributed by atoms with van der Waals surface area (Å²) in [6, 6.07) is -0.0571. The summed E-state index contributed by atoms with van der Waals surface area (Å²) in [5, 5.41) is 6.33. The maximum Gasteiger partial charge on any atom is 0.152 e. The Hall–Kier alpha value is -1.37. The lowest BCUT2D eigenvalue weighted by Crippen LogP contribution is -2.23. The van der Waals surface area contributed by atoms with Gasteiger partial charge in [0.2, 0.25) is 0 Å². The number of hydrogen-bond acceptors (Lipinski definition) is 6. The summed E-state index contributed by atoms with van der Waals surface area (Å²) in [6.07, 6.45) is 0.637. The molecule has 2 rings (SSSR count). The topological polar surface area (TPSA) is 84.0 Å². The van der Waals surface area contributed by atoms with Crippen molar-refractivity contribution < 1.29 is 8.42 Å². The molecule has 0 spiro atoms. The Bertz CT molecular complexity index is 599. The van der Waals surface area contributed by atoms with Crippen LogP contribution in [0.1, 0.15) is 37.6 Å². The molecule has 1 saturated heterocycles. The van der Waals surface area contributed by atoms with Gasteiger partial charge in [-0.3, -0.25) is 0 Å². The van der Waals surface area contributed by atoms with E-state index in [9.17, 15) is 8.42 Å². The molecule has 0 amide bonds. The third-order valence-electron chi connectivity index (χ3n) is 3.49. The van der Waals surface area contributed by atoms with Gasteiger partial charge in [0.25, 0.3) is 0 Å². The molecule has 7 heteroatoms. The molecule has 0 radical (unpaired) electrons. The highest BCUT2D eigenvalue weighted by molar-refractivity contribution is 7.91. The van der Waals surface area contributed by atoms with Crippen molar-refractivity contribution in [3.8, 4) is 0 Å². The normalized spacial score (nSPS) is 21.1. The first-order chi connectivity index (χ1) is 9.32. The fraction of sp³-hybridized carbons (Fsp3) is 0.692.